The molecule has 0 saturated heterocycles. The van der Waals surface area contributed by atoms with E-state index in [1.807, 2.05) is 49.5 Å². The number of fused-ring (bicyclic) bond motifs is 2. The molecule has 8 heteroatoms. The minimum absolute atomic E-state index is 0.183. The number of allylic oxidation sites excluding steroid dienone is 2. The maximum Gasteiger partial charge on any atom is 0.255 e. The molecule has 0 aliphatic carbocycles. The molecule has 4 aromatic rings. The number of nitrogens with zero attached hydrogens (tertiary/aromatic N) is 3. The van der Waals surface area contributed by atoms with Gasteiger partial charge in [0.1, 0.15) is 18.1 Å². The quantitative estimate of drug-likeness (QED) is 0.488. The lowest BCUT2D eigenvalue weighted by Crippen LogP contribution is -2.35. The summed E-state index contributed by atoms with van der Waals surface area (Å²) >= 11 is 0. The van der Waals surface area contributed by atoms with Crippen LogP contribution in [0.5, 0.6) is 5.75 Å². The van der Waals surface area contributed by atoms with E-state index in [0.29, 0.717) is 17.2 Å². The van der Waals surface area contributed by atoms with Crippen LogP contribution in [0.2, 0.25) is 0 Å². The molecule has 2 aromatic heterocycles. The van der Waals surface area contributed by atoms with Gasteiger partial charge in [-0.15, -0.1) is 0 Å². The molecule has 1 aliphatic rings. The molecular weight excluding hydrogens is 380 g/mol. The number of amides is 1. The molecule has 3 N–H and O–H groups in total. The van der Waals surface area contributed by atoms with Crippen molar-refractivity contribution in [3.05, 3.63) is 83.6 Å². The molecule has 0 spiro atoms. The average molecular weight is 400 g/mol. The van der Waals surface area contributed by atoms with Crippen LogP contribution in [0.3, 0.4) is 0 Å². The largest absolute Gasteiger partial charge is 0.497 e. The smallest absolute Gasteiger partial charge is 0.255 e. The molecule has 8 nitrogen and oxygen atoms in total. The van der Waals surface area contributed by atoms with Gasteiger partial charge in [-0.25, -0.2) is 4.68 Å². The van der Waals surface area contributed by atoms with Crippen LogP contribution < -0.4 is 15.4 Å². The fourth-order valence-electron chi connectivity index (χ4n) is 3.80. The van der Waals surface area contributed by atoms with E-state index in [9.17, 15) is 4.79 Å². The van der Waals surface area contributed by atoms with Gasteiger partial charge in [-0.2, -0.15) is 10.1 Å². The predicted octanol–water partition coefficient (Wildman–Crippen LogP) is 3.44. The van der Waals surface area contributed by atoms with Crippen molar-refractivity contribution in [2.24, 2.45) is 0 Å². The Hall–Kier alpha value is -4.07. The fraction of sp³-hybridized carbons (Fsp3) is 0.136. The van der Waals surface area contributed by atoms with E-state index < -0.39 is 0 Å². The second-order valence-electron chi connectivity index (χ2n) is 7.07. The van der Waals surface area contributed by atoms with Crippen LogP contribution >= 0.6 is 0 Å². The van der Waals surface area contributed by atoms with Gasteiger partial charge in [0.15, 0.2) is 0 Å². The topological polar surface area (TPSA) is 96.9 Å². The summed E-state index contributed by atoms with van der Waals surface area (Å²) in [4.78, 5) is 20.6. The molecule has 0 unspecified atom stereocenters. The van der Waals surface area contributed by atoms with E-state index >= 15 is 0 Å². The van der Waals surface area contributed by atoms with E-state index in [4.69, 9.17) is 4.74 Å². The highest BCUT2D eigenvalue weighted by Crippen LogP contribution is 2.37. The number of aromatic amines is 1. The number of hydrogen-bond donors (Lipinski definition) is 3. The van der Waals surface area contributed by atoms with Gasteiger partial charge in [-0.3, -0.25) is 4.79 Å². The number of aromatic nitrogens is 4. The van der Waals surface area contributed by atoms with Crippen LogP contribution in [0.15, 0.2) is 72.4 Å². The number of anilines is 1. The number of H-pyrrole nitrogens is 1. The Morgan fingerprint density at radius 2 is 2.03 bits per heavy atom. The maximum atomic E-state index is 12.9. The molecule has 150 valence electrons. The van der Waals surface area contributed by atoms with Crippen molar-refractivity contribution >= 4 is 22.8 Å². The number of hydrogen-bond acceptors (Lipinski definition) is 5. The Labute approximate surface area is 172 Å². The Morgan fingerprint density at radius 1 is 1.20 bits per heavy atom. The summed E-state index contributed by atoms with van der Waals surface area (Å²) in [7, 11) is 1.64. The standard InChI is InChI=1S/C22H20N6O2/c1-13-19(27-21(29)14-6-4-3-5-7-14)20(28-22(26-13)24-12-25-28)17-11-23-18-9-8-15(30-2)10-16(17)18/h3-12,20,23H,1-2H3,(H,27,29)(H,24,25,26)/t20-/m1/s1. The van der Waals surface area contributed by atoms with Gasteiger partial charge in [0, 0.05) is 33.9 Å². The third-order valence-electron chi connectivity index (χ3n) is 5.29. The van der Waals surface area contributed by atoms with E-state index in [0.717, 1.165) is 27.9 Å². The lowest BCUT2D eigenvalue weighted by atomic mass is 9.99. The molecule has 1 atom stereocenters. The zero-order valence-corrected chi connectivity index (χ0v) is 16.5. The first-order valence-corrected chi connectivity index (χ1v) is 9.54. The molecule has 0 saturated carbocycles. The molecule has 1 aliphatic heterocycles. The molecule has 0 bridgehead atoms. The summed E-state index contributed by atoms with van der Waals surface area (Å²) in [6, 6.07) is 14.6. The summed E-state index contributed by atoms with van der Waals surface area (Å²) in [5.41, 5.74) is 4.03. The van der Waals surface area contributed by atoms with Crippen molar-refractivity contribution in [3.8, 4) is 5.75 Å². The average Bonchev–Trinajstić information content (AvgIpc) is 3.41. The normalized spacial score (nSPS) is 15.6. The van der Waals surface area contributed by atoms with Crippen LogP contribution in [0.4, 0.5) is 5.95 Å². The first-order chi connectivity index (χ1) is 14.7. The first-order valence-electron chi connectivity index (χ1n) is 9.54. The molecule has 5 rings (SSSR count). The number of nitrogens with one attached hydrogen (secondary N) is 3. The lowest BCUT2D eigenvalue weighted by molar-refractivity contribution is 0.0961. The van der Waals surface area contributed by atoms with Gasteiger partial charge in [0.2, 0.25) is 5.95 Å². The Bertz CT molecular complexity index is 1270. The second kappa shape index (κ2) is 7.07. The predicted molar refractivity (Wildman–Crippen MR) is 113 cm³/mol. The summed E-state index contributed by atoms with van der Waals surface area (Å²) < 4.78 is 7.19. The fourth-order valence-corrected chi connectivity index (χ4v) is 3.80. The van der Waals surface area contributed by atoms with E-state index in [1.165, 1.54) is 6.33 Å². The third-order valence-corrected chi connectivity index (χ3v) is 5.29. The van der Waals surface area contributed by atoms with Gasteiger partial charge in [0.25, 0.3) is 5.91 Å². The summed E-state index contributed by atoms with van der Waals surface area (Å²) in [5, 5.41) is 11.7. The lowest BCUT2D eigenvalue weighted by Gasteiger charge is -2.29. The zero-order chi connectivity index (χ0) is 20.7. The summed E-state index contributed by atoms with van der Waals surface area (Å²) in [5.74, 6) is 1.19. The van der Waals surface area contributed by atoms with Crippen LogP contribution in [-0.2, 0) is 0 Å². The maximum absolute atomic E-state index is 12.9. The number of carbonyl (C=O) groups excluding carboxylic acids is 1. The van der Waals surface area contributed by atoms with Gasteiger partial charge < -0.3 is 20.4 Å². The van der Waals surface area contributed by atoms with Crippen molar-refractivity contribution in [1.29, 1.82) is 0 Å². The van der Waals surface area contributed by atoms with Gasteiger partial charge in [0.05, 0.1) is 12.8 Å². The highest BCUT2D eigenvalue weighted by Gasteiger charge is 2.32. The number of carbonyl (C=O) groups is 1. The molecular formula is C22H20N6O2. The highest BCUT2D eigenvalue weighted by molar-refractivity contribution is 5.96. The second-order valence-corrected chi connectivity index (χ2v) is 7.07. The summed E-state index contributed by atoms with van der Waals surface area (Å²) in [6.07, 6.45) is 3.44. The summed E-state index contributed by atoms with van der Waals surface area (Å²) in [6.45, 7) is 1.92. The van der Waals surface area contributed by atoms with Gasteiger partial charge in [-0.1, -0.05) is 18.2 Å². The van der Waals surface area contributed by atoms with E-state index in [1.54, 1.807) is 23.9 Å². The van der Waals surface area contributed by atoms with Crippen LogP contribution in [0.25, 0.3) is 10.9 Å². The Kier molecular flexibility index (Phi) is 4.24. The monoisotopic (exact) mass is 400 g/mol. The molecule has 2 aromatic carbocycles. The molecule has 3 heterocycles. The van der Waals surface area contributed by atoms with E-state index in [-0.39, 0.29) is 11.9 Å². The van der Waals surface area contributed by atoms with E-state index in [2.05, 4.69) is 25.7 Å². The van der Waals surface area contributed by atoms with Crippen molar-refractivity contribution in [3.63, 3.8) is 0 Å². The van der Waals surface area contributed by atoms with Crippen LogP contribution in [0, 0.1) is 0 Å². The Morgan fingerprint density at radius 3 is 2.83 bits per heavy atom. The van der Waals surface area contributed by atoms with Gasteiger partial charge >= 0.3 is 0 Å². The first kappa shape index (κ1) is 18.0. The van der Waals surface area contributed by atoms with Crippen molar-refractivity contribution in [2.45, 2.75) is 13.0 Å². The van der Waals surface area contributed by atoms with Crippen molar-refractivity contribution in [1.82, 2.24) is 25.1 Å². The molecule has 1 amide bonds. The molecule has 0 radical (unpaired) electrons. The van der Waals surface area contributed by atoms with Gasteiger partial charge in [-0.05, 0) is 37.3 Å². The number of methoxy groups -OCH3 is 1. The minimum atomic E-state index is -0.364. The number of ether oxygens (including phenoxy) is 1. The number of rotatable bonds is 4. The zero-order valence-electron chi connectivity index (χ0n) is 16.5. The minimum Gasteiger partial charge on any atom is -0.497 e. The van der Waals surface area contributed by atoms with Crippen LogP contribution in [-0.4, -0.2) is 32.8 Å². The Balaban J connectivity index is 1.63. The van der Waals surface area contributed by atoms with Crippen molar-refractivity contribution < 1.29 is 9.53 Å². The number of benzene rings is 2. The van der Waals surface area contributed by atoms with Crippen molar-refractivity contribution in [2.75, 3.05) is 12.4 Å². The molecule has 0 fully saturated rings. The molecule has 30 heavy (non-hydrogen) atoms. The highest BCUT2D eigenvalue weighted by atomic mass is 16.5. The SMILES string of the molecule is COc1ccc2[nH]cc([C@@H]3C(NC(=O)c4ccccc4)=C(C)Nc4ncnn43)c2c1. The third kappa shape index (κ3) is 2.89. The van der Waals surface area contributed by atoms with Crippen LogP contribution in [0.1, 0.15) is 28.9 Å².